The molecule has 0 saturated heterocycles. The van der Waals surface area contributed by atoms with Crippen molar-refractivity contribution in [3.8, 4) is 22.1 Å². The van der Waals surface area contributed by atoms with Gasteiger partial charge < -0.3 is 9.47 Å². The highest BCUT2D eigenvalue weighted by Gasteiger charge is 2.20. The number of hydrogen-bond acceptors (Lipinski definition) is 6. The SMILES string of the molecule is COc1cccc(OC)c1C(=O)Nc1nnc(-c2cccc(Cl)c2)s1. The Hall–Kier alpha value is -2.64. The van der Waals surface area contributed by atoms with E-state index in [4.69, 9.17) is 21.1 Å². The summed E-state index contributed by atoms with van der Waals surface area (Å²) in [6, 6.07) is 12.4. The quantitative estimate of drug-likeness (QED) is 0.725. The first kappa shape index (κ1) is 17.2. The van der Waals surface area contributed by atoms with Gasteiger partial charge in [0.1, 0.15) is 22.1 Å². The molecule has 0 spiro atoms. The van der Waals surface area contributed by atoms with Crippen LogP contribution in [0.5, 0.6) is 11.5 Å². The van der Waals surface area contributed by atoms with E-state index in [2.05, 4.69) is 15.5 Å². The molecule has 0 aliphatic heterocycles. The molecule has 128 valence electrons. The maximum atomic E-state index is 12.6. The summed E-state index contributed by atoms with van der Waals surface area (Å²) in [7, 11) is 2.99. The Bertz CT molecular complexity index is 891. The number of benzene rings is 2. The Morgan fingerprint density at radius 1 is 1.08 bits per heavy atom. The Morgan fingerprint density at radius 3 is 2.40 bits per heavy atom. The predicted molar refractivity (Wildman–Crippen MR) is 97.9 cm³/mol. The van der Waals surface area contributed by atoms with E-state index in [0.717, 1.165) is 5.56 Å². The molecule has 3 rings (SSSR count). The Labute approximate surface area is 153 Å². The van der Waals surface area contributed by atoms with Crippen LogP contribution in [0.4, 0.5) is 5.13 Å². The Morgan fingerprint density at radius 2 is 1.76 bits per heavy atom. The molecule has 0 aliphatic rings. The lowest BCUT2D eigenvalue weighted by molar-refractivity contribution is 0.102. The zero-order valence-corrected chi connectivity index (χ0v) is 15.0. The summed E-state index contributed by atoms with van der Waals surface area (Å²) in [6.07, 6.45) is 0. The van der Waals surface area contributed by atoms with Gasteiger partial charge in [-0.2, -0.15) is 0 Å². The summed E-state index contributed by atoms with van der Waals surface area (Å²) in [5.74, 6) is 0.441. The molecule has 1 heterocycles. The second kappa shape index (κ2) is 7.50. The molecule has 0 atom stereocenters. The number of rotatable bonds is 5. The summed E-state index contributed by atoms with van der Waals surface area (Å²) in [4.78, 5) is 12.6. The van der Waals surface area contributed by atoms with Gasteiger partial charge in [-0.15, -0.1) is 10.2 Å². The van der Waals surface area contributed by atoms with Gasteiger partial charge in [-0.05, 0) is 24.3 Å². The van der Waals surface area contributed by atoms with Crippen molar-refractivity contribution in [1.29, 1.82) is 0 Å². The Balaban J connectivity index is 1.85. The minimum absolute atomic E-state index is 0.298. The van der Waals surface area contributed by atoms with Crippen molar-refractivity contribution in [2.45, 2.75) is 0 Å². The normalized spacial score (nSPS) is 10.4. The van der Waals surface area contributed by atoms with E-state index in [1.54, 1.807) is 30.3 Å². The molecule has 0 saturated carbocycles. The van der Waals surface area contributed by atoms with Gasteiger partial charge in [-0.1, -0.05) is 41.1 Å². The van der Waals surface area contributed by atoms with Gasteiger partial charge in [-0.3, -0.25) is 10.1 Å². The monoisotopic (exact) mass is 375 g/mol. The lowest BCUT2D eigenvalue weighted by Gasteiger charge is -2.11. The number of hydrogen-bond donors (Lipinski definition) is 1. The van der Waals surface area contributed by atoms with Crippen molar-refractivity contribution in [2.24, 2.45) is 0 Å². The van der Waals surface area contributed by atoms with Gasteiger partial charge in [0.05, 0.1) is 14.2 Å². The number of aromatic nitrogens is 2. The van der Waals surface area contributed by atoms with Crippen molar-refractivity contribution in [2.75, 3.05) is 19.5 Å². The van der Waals surface area contributed by atoms with Crippen LogP contribution >= 0.6 is 22.9 Å². The molecule has 1 N–H and O–H groups in total. The molecule has 0 bridgehead atoms. The first-order valence-electron chi connectivity index (χ1n) is 7.24. The van der Waals surface area contributed by atoms with E-state index in [1.165, 1.54) is 25.6 Å². The number of anilines is 1. The van der Waals surface area contributed by atoms with Gasteiger partial charge in [0.2, 0.25) is 5.13 Å². The minimum atomic E-state index is -0.386. The lowest BCUT2D eigenvalue weighted by atomic mass is 10.1. The number of nitrogens with zero attached hydrogens (tertiary/aromatic N) is 2. The predicted octanol–water partition coefficient (Wildman–Crippen LogP) is 4.13. The molecule has 0 fully saturated rings. The average Bonchev–Trinajstić information content (AvgIpc) is 3.09. The number of amides is 1. The summed E-state index contributed by atoms with van der Waals surface area (Å²) in [6.45, 7) is 0. The topological polar surface area (TPSA) is 73.3 Å². The summed E-state index contributed by atoms with van der Waals surface area (Å²) < 4.78 is 10.5. The fourth-order valence-electron chi connectivity index (χ4n) is 2.25. The maximum Gasteiger partial charge on any atom is 0.265 e. The third kappa shape index (κ3) is 3.72. The standard InChI is InChI=1S/C17H14ClN3O3S/c1-23-12-7-4-8-13(24-2)14(12)15(22)19-17-21-20-16(25-17)10-5-3-6-11(18)9-10/h3-9H,1-2H3,(H,19,21,22). The molecule has 1 amide bonds. The fourth-order valence-corrected chi connectivity index (χ4v) is 3.17. The Kier molecular flexibility index (Phi) is 5.16. The van der Waals surface area contributed by atoms with Crippen LogP contribution in [0.1, 0.15) is 10.4 Å². The van der Waals surface area contributed by atoms with Crippen molar-refractivity contribution in [3.05, 3.63) is 53.1 Å². The van der Waals surface area contributed by atoms with Crippen LogP contribution in [0.25, 0.3) is 10.6 Å². The van der Waals surface area contributed by atoms with Crippen molar-refractivity contribution in [1.82, 2.24) is 10.2 Å². The van der Waals surface area contributed by atoms with Crippen LogP contribution in [0, 0.1) is 0 Å². The molecule has 6 nitrogen and oxygen atoms in total. The summed E-state index contributed by atoms with van der Waals surface area (Å²) in [5, 5.41) is 12.5. The van der Waals surface area contributed by atoms with Gasteiger partial charge in [0, 0.05) is 10.6 Å². The minimum Gasteiger partial charge on any atom is -0.496 e. The fraction of sp³-hybridized carbons (Fsp3) is 0.118. The summed E-state index contributed by atoms with van der Waals surface area (Å²) >= 11 is 7.24. The van der Waals surface area contributed by atoms with Crippen LogP contribution in [0.15, 0.2) is 42.5 Å². The van der Waals surface area contributed by atoms with E-state index in [0.29, 0.717) is 32.2 Å². The molecule has 1 aromatic heterocycles. The molecule has 2 aromatic carbocycles. The highest BCUT2D eigenvalue weighted by atomic mass is 35.5. The number of ether oxygens (including phenoxy) is 2. The van der Waals surface area contributed by atoms with Crippen LogP contribution < -0.4 is 14.8 Å². The largest absolute Gasteiger partial charge is 0.496 e. The molecule has 25 heavy (non-hydrogen) atoms. The zero-order valence-electron chi connectivity index (χ0n) is 13.4. The first-order valence-corrected chi connectivity index (χ1v) is 8.43. The van der Waals surface area contributed by atoms with E-state index >= 15 is 0 Å². The van der Waals surface area contributed by atoms with E-state index in [-0.39, 0.29) is 5.91 Å². The molecular formula is C17H14ClN3O3S. The van der Waals surface area contributed by atoms with Gasteiger partial charge in [0.15, 0.2) is 0 Å². The summed E-state index contributed by atoms with van der Waals surface area (Å²) in [5.41, 5.74) is 1.13. The molecule has 0 unspecified atom stereocenters. The van der Waals surface area contributed by atoms with E-state index < -0.39 is 0 Å². The molecule has 3 aromatic rings. The van der Waals surface area contributed by atoms with Gasteiger partial charge >= 0.3 is 0 Å². The molecule has 0 aliphatic carbocycles. The van der Waals surface area contributed by atoms with Crippen molar-refractivity contribution < 1.29 is 14.3 Å². The van der Waals surface area contributed by atoms with Crippen LogP contribution in [0.3, 0.4) is 0 Å². The highest BCUT2D eigenvalue weighted by molar-refractivity contribution is 7.18. The van der Waals surface area contributed by atoms with Gasteiger partial charge in [-0.25, -0.2) is 0 Å². The molecule has 0 radical (unpaired) electrons. The molecular weight excluding hydrogens is 362 g/mol. The van der Waals surface area contributed by atoms with Crippen LogP contribution in [0.2, 0.25) is 5.02 Å². The van der Waals surface area contributed by atoms with Crippen molar-refractivity contribution >= 4 is 34.0 Å². The van der Waals surface area contributed by atoms with E-state index in [1.807, 2.05) is 12.1 Å². The lowest BCUT2D eigenvalue weighted by Crippen LogP contribution is -2.14. The third-order valence-electron chi connectivity index (χ3n) is 3.37. The number of methoxy groups -OCH3 is 2. The second-order valence-electron chi connectivity index (χ2n) is 4.91. The second-order valence-corrected chi connectivity index (χ2v) is 6.33. The number of carbonyl (C=O) groups is 1. The molecule has 8 heteroatoms. The first-order chi connectivity index (χ1) is 12.1. The smallest absolute Gasteiger partial charge is 0.265 e. The van der Waals surface area contributed by atoms with Crippen LogP contribution in [-0.2, 0) is 0 Å². The highest BCUT2D eigenvalue weighted by Crippen LogP contribution is 2.31. The van der Waals surface area contributed by atoms with Crippen LogP contribution in [-0.4, -0.2) is 30.3 Å². The van der Waals surface area contributed by atoms with Gasteiger partial charge in [0.25, 0.3) is 5.91 Å². The van der Waals surface area contributed by atoms with E-state index in [9.17, 15) is 4.79 Å². The zero-order chi connectivity index (χ0) is 17.8. The number of nitrogens with one attached hydrogen (secondary N) is 1. The number of carbonyl (C=O) groups excluding carboxylic acids is 1. The maximum absolute atomic E-state index is 12.6. The average molecular weight is 376 g/mol. The third-order valence-corrected chi connectivity index (χ3v) is 4.49. The number of halogens is 1. The van der Waals surface area contributed by atoms with Crippen molar-refractivity contribution in [3.63, 3.8) is 0 Å².